The standard InChI is InChI=1S/C16H14N4OS2/c1-10-8-13(23-16-20-19-11(2)22-16)5-6-14(10)18-15(21)12-4-3-7-17-9-12/h3-9H,1-2H3,(H,18,21). The number of aromatic nitrogens is 3. The summed E-state index contributed by atoms with van der Waals surface area (Å²) in [5, 5.41) is 12.0. The highest BCUT2D eigenvalue weighted by Crippen LogP contribution is 2.32. The quantitative estimate of drug-likeness (QED) is 0.777. The Balaban J connectivity index is 1.73. The van der Waals surface area contributed by atoms with Crippen LogP contribution in [-0.4, -0.2) is 21.1 Å². The van der Waals surface area contributed by atoms with Gasteiger partial charge in [0.25, 0.3) is 5.91 Å². The molecule has 0 aliphatic rings. The molecule has 23 heavy (non-hydrogen) atoms. The van der Waals surface area contributed by atoms with Gasteiger partial charge in [0.05, 0.1) is 5.56 Å². The first kappa shape index (κ1) is 15.6. The van der Waals surface area contributed by atoms with Crippen molar-refractivity contribution < 1.29 is 4.79 Å². The van der Waals surface area contributed by atoms with Gasteiger partial charge in [0, 0.05) is 23.0 Å². The molecule has 1 N–H and O–H groups in total. The van der Waals surface area contributed by atoms with Crippen molar-refractivity contribution in [3.63, 3.8) is 0 Å². The first-order valence-electron chi connectivity index (χ1n) is 6.92. The molecule has 0 atom stereocenters. The number of hydrogen-bond acceptors (Lipinski definition) is 6. The van der Waals surface area contributed by atoms with E-state index in [2.05, 4.69) is 20.5 Å². The third-order valence-electron chi connectivity index (χ3n) is 3.08. The Kier molecular flexibility index (Phi) is 4.68. The molecule has 5 nitrogen and oxygen atoms in total. The van der Waals surface area contributed by atoms with Gasteiger partial charge in [0.15, 0.2) is 4.34 Å². The largest absolute Gasteiger partial charge is 0.322 e. The molecule has 0 saturated heterocycles. The summed E-state index contributed by atoms with van der Waals surface area (Å²) in [5.74, 6) is -0.165. The van der Waals surface area contributed by atoms with Crippen LogP contribution in [0.3, 0.4) is 0 Å². The molecule has 1 aromatic carbocycles. The molecule has 3 rings (SSSR count). The van der Waals surface area contributed by atoms with E-state index in [9.17, 15) is 4.79 Å². The number of nitrogens with zero attached hydrogens (tertiary/aromatic N) is 3. The number of pyridine rings is 1. The van der Waals surface area contributed by atoms with Crippen LogP contribution in [0, 0.1) is 13.8 Å². The van der Waals surface area contributed by atoms with Gasteiger partial charge in [-0.2, -0.15) is 0 Å². The summed E-state index contributed by atoms with van der Waals surface area (Å²) in [6.07, 6.45) is 3.19. The average molecular weight is 342 g/mol. The van der Waals surface area contributed by atoms with Crippen LogP contribution < -0.4 is 5.32 Å². The van der Waals surface area contributed by atoms with Crippen LogP contribution in [0.15, 0.2) is 52.0 Å². The number of nitrogens with one attached hydrogen (secondary N) is 1. The van der Waals surface area contributed by atoms with Crippen LogP contribution in [0.4, 0.5) is 5.69 Å². The Hall–Kier alpha value is -2.25. The van der Waals surface area contributed by atoms with Gasteiger partial charge in [0.2, 0.25) is 0 Å². The summed E-state index contributed by atoms with van der Waals surface area (Å²) in [4.78, 5) is 17.2. The van der Waals surface area contributed by atoms with E-state index in [4.69, 9.17) is 0 Å². The van der Waals surface area contributed by atoms with Crippen LogP contribution in [0.25, 0.3) is 0 Å². The highest BCUT2D eigenvalue weighted by atomic mass is 32.2. The molecule has 0 saturated carbocycles. The minimum Gasteiger partial charge on any atom is -0.322 e. The van der Waals surface area contributed by atoms with Gasteiger partial charge in [-0.15, -0.1) is 10.2 Å². The zero-order valence-electron chi connectivity index (χ0n) is 12.6. The molecule has 0 aliphatic carbocycles. The fourth-order valence-electron chi connectivity index (χ4n) is 1.95. The van der Waals surface area contributed by atoms with Crippen LogP contribution in [-0.2, 0) is 0 Å². The van der Waals surface area contributed by atoms with Crippen molar-refractivity contribution in [2.45, 2.75) is 23.1 Å². The van der Waals surface area contributed by atoms with Gasteiger partial charge in [0.1, 0.15) is 5.01 Å². The van der Waals surface area contributed by atoms with E-state index in [-0.39, 0.29) is 5.91 Å². The maximum atomic E-state index is 12.2. The molecule has 7 heteroatoms. The normalized spacial score (nSPS) is 10.5. The second-order valence-electron chi connectivity index (χ2n) is 4.86. The third-order valence-corrected chi connectivity index (χ3v) is 4.96. The van der Waals surface area contributed by atoms with Crippen LogP contribution in [0.5, 0.6) is 0 Å². The van der Waals surface area contributed by atoms with Gasteiger partial charge in [-0.25, -0.2) is 0 Å². The summed E-state index contributed by atoms with van der Waals surface area (Å²) in [5.41, 5.74) is 2.32. The number of hydrogen-bond donors (Lipinski definition) is 1. The zero-order chi connectivity index (χ0) is 16.2. The minimum atomic E-state index is -0.165. The lowest BCUT2D eigenvalue weighted by Crippen LogP contribution is -2.12. The Morgan fingerprint density at radius 2 is 2.09 bits per heavy atom. The first-order chi connectivity index (χ1) is 11.1. The summed E-state index contributed by atoms with van der Waals surface area (Å²) in [6, 6.07) is 9.37. The molecular weight excluding hydrogens is 328 g/mol. The lowest BCUT2D eigenvalue weighted by molar-refractivity contribution is 0.102. The maximum Gasteiger partial charge on any atom is 0.257 e. The van der Waals surface area contributed by atoms with Crippen molar-refractivity contribution in [2.75, 3.05) is 5.32 Å². The van der Waals surface area contributed by atoms with Crippen LogP contribution in [0.1, 0.15) is 20.9 Å². The van der Waals surface area contributed by atoms with Gasteiger partial charge >= 0.3 is 0 Å². The highest BCUT2D eigenvalue weighted by molar-refractivity contribution is 8.01. The van der Waals surface area contributed by atoms with Gasteiger partial charge in [-0.3, -0.25) is 9.78 Å². The van der Waals surface area contributed by atoms with Crippen molar-refractivity contribution in [3.05, 3.63) is 58.9 Å². The minimum absolute atomic E-state index is 0.165. The molecule has 3 aromatic rings. The summed E-state index contributed by atoms with van der Waals surface area (Å²) in [7, 11) is 0. The number of benzene rings is 1. The molecule has 1 amide bonds. The monoisotopic (exact) mass is 342 g/mol. The molecule has 2 heterocycles. The van der Waals surface area contributed by atoms with Crippen molar-refractivity contribution in [1.29, 1.82) is 0 Å². The molecule has 0 radical (unpaired) electrons. The Labute approximate surface area is 142 Å². The predicted octanol–water partition coefficient (Wildman–Crippen LogP) is 3.95. The lowest BCUT2D eigenvalue weighted by Gasteiger charge is -2.09. The third kappa shape index (κ3) is 3.94. The molecule has 0 fully saturated rings. The molecular formula is C16H14N4OS2. The molecule has 0 unspecified atom stereocenters. The van der Waals surface area contributed by atoms with E-state index in [1.54, 1.807) is 47.6 Å². The Morgan fingerprint density at radius 1 is 1.22 bits per heavy atom. The fourth-order valence-corrected chi connectivity index (χ4v) is 3.84. The van der Waals surface area contributed by atoms with E-state index in [0.29, 0.717) is 5.56 Å². The molecule has 2 aromatic heterocycles. The number of amides is 1. The first-order valence-corrected chi connectivity index (χ1v) is 8.55. The van der Waals surface area contributed by atoms with Crippen molar-refractivity contribution in [3.8, 4) is 0 Å². The van der Waals surface area contributed by atoms with Crippen LogP contribution in [0.2, 0.25) is 0 Å². The SMILES string of the molecule is Cc1nnc(Sc2ccc(NC(=O)c3cccnc3)c(C)c2)s1. The van der Waals surface area contributed by atoms with E-state index < -0.39 is 0 Å². The molecule has 0 spiro atoms. The highest BCUT2D eigenvalue weighted by Gasteiger charge is 2.09. The summed E-state index contributed by atoms with van der Waals surface area (Å²) < 4.78 is 0.911. The van der Waals surface area contributed by atoms with Gasteiger partial charge in [-0.05, 0) is 49.7 Å². The average Bonchev–Trinajstić information content (AvgIpc) is 2.96. The lowest BCUT2D eigenvalue weighted by atomic mass is 10.2. The van der Waals surface area contributed by atoms with Crippen molar-refractivity contribution in [2.24, 2.45) is 0 Å². The second-order valence-corrected chi connectivity index (χ2v) is 7.36. The molecule has 116 valence electrons. The maximum absolute atomic E-state index is 12.2. The zero-order valence-corrected chi connectivity index (χ0v) is 14.2. The van der Waals surface area contributed by atoms with Crippen molar-refractivity contribution in [1.82, 2.24) is 15.2 Å². The Morgan fingerprint density at radius 3 is 2.74 bits per heavy atom. The van der Waals surface area contributed by atoms with E-state index >= 15 is 0 Å². The fraction of sp³-hybridized carbons (Fsp3) is 0.125. The number of aryl methyl sites for hydroxylation is 2. The topological polar surface area (TPSA) is 67.8 Å². The van der Waals surface area contributed by atoms with Crippen molar-refractivity contribution >= 4 is 34.7 Å². The Bertz CT molecular complexity index is 833. The van der Waals surface area contributed by atoms with E-state index in [0.717, 1.165) is 25.5 Å². The molecule has 0 aliphatic heterocycles. The van der Waals surface area contributed by atoms with E-state index in [1.807, 2.05) is 32.0 Å². The van der Waals surface area contributed by atoms with Crippen LogP contribution >= 0.6 is 23.1 Å². The van der Waals surface area contributed by atoms with Gasteiger partial charge < -0.3 is 5.32 Å². The summed E-state index contributed by atoms with van der Waals surface area (Å²) in [6.45, 7) is 3.90. The van der Waals surface area contributed by atoms with Gasteiger partial charge in [-0.1, -0.05) is 23.1 Å². The summed E-state index contributed by atoms with van der Waals surface area (Å²) >= 11 is 3.13. The second kappa shape index (κ2) is 6.89. The smallest absolute Gasteiger partial charge is 0.257 e. The predicted molar refractivity (Wildman–Crippen MR) is 92.1 cm³/mol. The number of carbonyl (C=O) groups is 1. The number of carbonyl (C=O) groups excluding carboxylic acids is 1. The van der Waals surface area contributed by atoms with E-state index in [1.165, 1.54) is 0 Å². The number of anilines is 1. The number of rotatable bonds is 4. The molecule has 0 bridgehead atoms.